The Morgan fingerprint density at radius 2 is 2.22 bits per heavy atom. The van der Waals surface area contributed by atoms with Crippen LogP contribution in [0.25, 0.3) is 0 Å². The number of hydrogen-bond donors (Lipinski definition) is 1. The molecule has 18 heavy (non-hydrogen) atoms. The summed E-state index contributed by atoms with van der Waals surface area (Å²) in [5, 5.41) is 8.94. The van der Waals surface area contributed by atoms with Crippen LogP contribution in [0.3, 0.4) is 0 Å². The van der Waals surface area contributed by atoms with Crippen molar-refractivity contribution in [2.24, 2.45) is 0 Å². The Labute approximate surface area is 111 Å². The number of rotatable bonds is 6. The molecule has 0 spiro atoms. The predicted octanol–water partition coefficient (Wildman–Crippen LogP) is 3.34. The van der Waals surface area contributed by atoms with Crippen molar-refractivity contribution in [1.82, 2.24) is 4.90 Å². The normalized spacial score (nSPS) is 12.7. The summed E-state index contributed by atoms with van der Waals surface area (Å²) in [5.74, 6) is -1.34. The SMILES string of the molecule is CCCN(CC(=O)O)C(C)c1ccc(F)c(Cl)c1. The molecule has 1 aromatic rings. The summed E-state index contributed by atoms with van der Waals surface area (Å²) in [6.07, 6.45) is 0.854. The molecule has 1 N–H and O–H groups in total. The standard InChI is InChI=1S/C13H17ClFNO2/c1-3-6-16(8-13(17)18)9(2)10-4-5-12(15)11(14)7-10/h4-5,7,9H,3,6,8H2,1-2H3,(H,17,18). The van der Waals surface area contributed by atoms with Crippen LogP contribution in [0.2, 0.25) is 5.02 Å². The third-order valence-electron chi connectivity index (χ3n) is 2.82. The molecule has 0 heterocycles. The summed E-state index contributed by atoms with van der Waals surface area (Å²) in [7, 11) is 0. The second kappa shape index (κ2) is 6.71. The molecule has 0 aliphatic carbocycles. The van der Waals surface area contributed by atoms with E-state index in [-0.39, 0.29) is 17.6 Å². The van der Waals surface area contributed by atoms with Crippen LogP contribution in [0.5, 0.6) is 0 Å². The van der Waals surface area contributed by atoms with Gasteiger partial charge in [0.15, 0.2) is 0 Å². The molecule has 100 valence electrons. The minimum absolute atomic E-state index is 0.0377. The molecule has 0 saturated carbocycles. The first-order valence-corrected chi connectivity index (χ1v) is 6.24. The van der Waals surface area contributed by atoms with Crippen LogP contribution in [-0.4, -0.2) is 29.1 Å². The number of nitrogens with zero attached hydrogens (tertiary/aromatic N) is 1. The molecule has 1 atom stereocenters. The third-order valence-corrected chi connectivity index (χ3v) is 3.11. The van der Waals surface area contributed by atoms with Gasteiger partial charge in [0.05, 0.1) is 11.6 Å². The van der Waals surface area contributed by atoms with Gasteiger partial charge in [-0.1, -0.05) is 24.6 Å². The van der Waals surface area contributed by atoms with Crippen molar-refractivity contribution in [2.75, 3.05) is 13.1 Å². The molecule has 0 radical (unpaired) electrons. The number of carboxylic acid groups (broad SMARTS) is 1. The van der Waals surface area contributed by atoms with Crippen molar-refractivity contribution >= 4 is 17.6 Å². The van der Waals surface area contributed by atoms with E-state index in [1.165, 1.54) is 6.07 Å². The largest absolute Gasteiger partial charge is 0.480 e. The Balaban J connectivity index is 2.89. The van der Waals surface area contributed by atoms with Crippen molar-refractivity contribution in [3.63, 3.8) is 0 Å². The van der Waals surface area contributed by atoms with E-state index in [0.29, 0.717) is 6.54 Å². The number of carbonyl (C=O) groups is 1. The van der Waals surface area contributed by atoms with Gasteiger partial charge in [-0.2, -0.15) is 0 Å². The molecule has 0 bridgehead atoms. The topological polar surface area (TPSA) is 40.5 Å². The fraction of sp³-hybridized carbons (Fsp3) is 0.462. The van der Waals surface area contributed by atoms with Crippen molar-refractivity contribution in [3.8, 4) is 0 Å². The van der Waals surface area contributed by atoms with Gasteiger partial charge < -0.3 is 5.11 Å². The number of halogens is 2. The summed E-state index contributed by atoms with van der Waals surface area (Å²) in [6, 6.07) is 4.38. The van der Waals surface area contributed by atoms with Gasteiger partial charge in [0, 0.05) is 6.04 Å². The van der Waals surface area contributed by atoms with Gasteiger partial charge in [0.1, 0.15) is 5.82 Å². The lowest BCUT2D eigenvalue weighted by atomic mass is 10.1. The molecule has 1 unspecified atom stereocenters. The van der Waals surface area contributed by atoms with Crippen molar-refractivity contribution in [2.45, 2.75) is 26.3 Å². The molecule has 0 fully saturated rings. The number of hydrogen-bond acceptors (Lipinski definition) is 2. The highest BCUT2D eigenvalue weighted by atomic mass is 35.5. The quantitative estimate of drug-likeness (QED) is 0.864. The fourth-order valence-corrected chi connectivity index (χ4v) is 2.04. The number of benzene rings is 1. The highest BCUT2D eigenvalue weighted by molar-refractivity contribution is 6.30. The van der Waals surface area contributed by atoms with E-state index >= 15 is 0 Å². The van der Waals surface area contributed by atoms with Crippen molar-refractivity contribution < 1.29 is 14.3 Å². The zero-order chi connectivity index (χ0) is 13.7. The fourth-order valence-electron chi connectivity index (χ4n) is 1.85. The Morgan fingerprint density at radius 3 is 2.72 bits per heavy atom. The van der Waals surface area contributed by atoms with Gasteiger partial charge in [-0.15, -0.1) is 0 Å². The Bertz CT molecular complexity index is 425. The van der Waals surface area contributed by atoms with Gasteiger partial charge in [-0.3, -0.25) is 9.69 Å². The summed E-state index contributed by atoms with van der Waals surface area (Å²) >= 11 is 5.74. The van der Waals surface area contributed by atoms with E-state index in [0.717, 1.165) is 12.0 Å². The lowest BCUT2D eigenvalue weighted by molar-refractivity contribution is -0.138. The van der Waals surface area contributed by atoms with Crippen LogP contribution in [0, 0.1) is 5.82 Å². The molecule has 5 heteroatoms. The van der Waals surface area contributed by atoms with Gasteiger partial charge in [-0.05, 0) is 37.6 Å². The molecule has 1 rings (SSSR count). The molecular formula is C13H17ClFNO2. The number of carboxylic acids is 1. The minimum atomic E-state index is -0.872. The van der Waals surface area contributed by atoms with Crippen LogP contribution in [-0.2, 0) is 4.79 Å². The van der Waals surface area contributed by atoms with Crippen LogP contribution >= 0.6 is 11.6 Å². The summed E-state index contributed by atoms with van der Waals surface area (Å²) in [6.45, 7) is 4.51. The Kier molecular flexibility index (Phi) is 5.56. The van der Waals surface area contributed by atoms with Gasteiger partial charge in [0.25, 0.3) is 0 Å². The van der Waals surface area contributed by atoms with Crippen LogP contribution in [0.15, 0.2) is 18.2 Å². The average Bonchev–Trinajstić information content (AvgIpc) is 2.31. The van der Waals surface area contributed by atoms with Crippen LogP contribution in [0.1, 0.15) is 31.9 Å². The molecular weight excluding hydrogens is 257 g/mol. The predicted molar refractivity (Wildman–Crippen MR) is 69.3 cm³/mol. The summed E-state index contributed by atoms with van der Waals surface area (Å²) in [4.78, 5) is 12.6. The first-order chi connectivity index (χ1) is 8.45. The molecule has 0 amide bonds. The van der Waals surface area contributed by atoms with Gasteiger partial charge in [0.2, 0.25) is 0 Å². The van der Waals surface area contributed by atoms with E-state index in [2.05, 4.69) is 0 Å². The van der Waals surface area contributed by atoms with Gasteiger partial charge >= 0.3 is 5.97 Å². The molecule has 0 saturated heterocycles. The van der Waals surface area contributed by atoms with E-state index in [1.54, 1.807) is 12.1 Å². The average molecular weight is 274 g/mol. The highest BCUT2D eigenvalue weighted by Crippen LogP contribution is 2.24. The lowest BCUT2D eigenvalue weighted by Crippen LogP contribution is -2.33. The Morgan fingerprint density at radius 1 is 1.56 bits per heavy atom. The molecule has 0 aliphatic rings. The zero-order valence-electron chi connectivity index (χ0n) is 10.5. The van der Waals surface area contributed by atoms with Crippen molar-refractivity contribution in [1.29, 1.82) is 0 Å². The minimum Gasteiger partial charge on any atom is -0.480 e. The first kappa shape index (κ1) is 14.9. The second-order valence-corrected chi connectivity index (χ2v) is 4.62. The van der Waals surface area contributed by atoms with E-state index in [4.69, 9.17) is 16.7 Å². The van der Waals surface area contributed by atoms with E-state index < -0.39 is 11.8 Å². The smallest absolute Gasteiger partial charge is 0.317 e. The van der Waals surface area contributed by atoms with E-state index in [1.807, 2.05) is 18.7 Å². The van der Waals surface area contributed by atoms with Crippen LogP contribution in [0.4, 0.5) is 4.39 Å². The van der Waals surface area contributed by atoms with Crippen LogP contribution < -0.4 is 0 Å². The lowest BCUT2D eigenvalue weighted by Gasteiger charge is -2.27. The summed E-state index contributed by atoms with van der Waals surface area (Å²) in [5.41, 5.74) is 0.816. The maximum absolute atomic E-state index is 13.1. The second-order valence-electron chi connectivity index (χ2n) is 4.21. The maximum Gasteiger partial charge on any atom is 0.317 e. The zero-order valence-corrected chi connectivity index (χ0v) is 11.2. The maximum atomic E-state index is 13.1. The summed E-state index contributed by atoms with van der Waals surface area (Å²) < 4.78 is 13.1. The van der Waals surface area contributed by atoms with E-state index in [9.17, 15) is 9.18 Å². The molecule has 0 aliphatic heterocycles. The number of aliphatic carboxylic acids is 1. The molecule has 1 aromatic carbocycles. The van der Waals surface area contributed by atoms with Gasteiger partial charge in [-0.25, -0.2) is 4.39 Å². The third kappa shape index (κ3) is 3.96. The molecule has 3 nitrogen and oxygen atoms in total. The molecule has 0 aromatic heterocycles. The van der Waals surface area contributed by atoms with Crippen molar-refractivity contribution in [3.05, 3.63) is 34.6 Å². The monoisotopic (exact) mass is 273 g/mol. The Hall–Kier alpha value is -1.13. The first-order valence-electron chi connectivity index (χ1n) is 5.86. The highest BCUT2D eigenvalue weighted by Gasteiger charge is 2.18.